The van der Waals surface area contributed by atoms with Crippen LogP contribution in [0.4, 0.5) is 5.69 Å². The van der Waals surface area contributed by atoms with Gasteiger partial charge in [-0.3, -0.25) is 4.79 Å². The highest BCUT2D eigenvalue weighted by molar-refractivity contribution is 7.13. The molecule has 1 aromatic heterocycles. The minimum absolute atomic E-state index is 0.154. The molecular formula is C20H19ClN2O2S. The Kier molecular flexibility index (Phi) is 5.59. The van der Waals surface area contributed by atoms with Crippen LogP contribution >= 0.6 is 22.9 Å². The molecule has 1 N–H and O–H groups in total. The summed E-state index contributed by atoms with van der Waals surface area (Å²) in [6.07, 6.45) is 0. The van der Waals surface area contributed by atoms with Crippen molar-refractivity contribution in [2.45, 2.75) is 27.4 Å². The zero-order valence-electron chi connectivity index (χ0n) is 14.8. The van der Waals surface area contributed by atoms with Gasteiger partial charge in [-0.1, -0.05) is 23.7 Å². The molecule has 2 aromatic carbocycles. The number of hydrogen-bond donors (Lipinski definition) is 1. The van der Waals surface area contributed by atoms with E-state index in [0.29, 0.717) is 22.2 Å². The summed E-state index contributed by atoms with van der Waals surface area (Å²) >= 11 is 7.37. The molecule has 4 nitrogen and oxygen atoms in total. The Labute approximate surface area is 161 Å². The number of thiazole rings is 1. The Morgan fingerprint density at radius 3 is 2.73 bits per heavy atom. The highest BCUT2D eigenvalue weighted by atomic mass is 35.5. The molecule has 6 heteroatoms. The fourth-order valence-corrected chi connectivity index (χ4v) is 3.48. The van der Waals surface area contributed by atoms with Crippen LogP contribution in [-0.2, 0) is 6.61 Å². The molecule has 1 amide bonds. The quantitative estimate of drug-likeness (QED) is 0.625. The summed E-state index contributed by atoms with van der Waals surface area (Å²) in [7, 11) is 0. The number of amides is 1. The van der Waals surface area contributed by atoms with Gasteiger partial charge in [0.05, 0.1) is 5.69 Å². The van der Waals surface area contributed by atoms with Crippen LogP contribution in [0.5, 0.6) is 5.75 Å². The lowest BCUT2D eigenvalue weighted by molar-refractivity contribution is 0.103. The predicted octanol–water partition coefficient (Wildman–Crippen LogP) is 5.55. The van der Waals surface area contributed by atoms with E-state index in [4.69, 9.17) is 16.3 Å². The summed E-state index contributed by atoms with van der Waals surface area (Å²) in [6, 6.07) is 13.2. The topological polar surface area (TPSA) is 51.2 Å². The van der Waals surface area contributed by atoms with Crippen molar-refractivity contribution in [3.63, 3.8) is 0 Å². The fraction of sp³-hybridized carbons (Fsp3) is 0.200. The zero-order valence-corrected chi connectivity index (χ0v) is 16.4. The number of nitrogens with zero attached hydrogens (tertiary/aromatic N) is 1. The second kappa shape index (κ2) is 7.89. The van der Waals surface area contributed by atoms with E-state index in [9.17, 15) is 4.79 Å². The van der Waals surface area contributed by atoms with E-state index < -0.39 is 0 Å². The summed E-state index contributed by atoms with van der Waals surface area (Å²) in [6.45, 7) is 6.06. The highest BCUT2D eigenvalue weighted by Gasteiger charge is 2.16. The third-order valence-corrected chi connectivity index (χ3v) is 5.37. The van der Waals surface area contributed by atoms with E-state index >= 15 is 0 Å². The molecule has 0 atom stereocenters. The van der Waals surface area contributed by atoms with Gasteiger partial charge in [0.2, 0.25) is 0 Å². The van der Waals surface area contributed by atoms with Crippen molar-refractivity contribution in [1.29, 1.82) is 0 Å². The second-order valence-corrected chi connectivity index (χ2v) is 7.54. The number of carbonyl (C=O) groups is 1. The molecule has 134 valence electrons. The molecule has 26 heavy (non-hydrogen) atoms. The maximum Gasteiger partial charge on any atom is 0.267 e. The molecule has 0 aliphatic rings. The number of hydrogen-bond acceptors (Lipinski definition) is 4. The number of anilines is 1. The number of rotatable bonds is 5. The highest BCUT2D eigenvalue weighted by Crippen LogP contribution is 2.24. The number of halogens is 1. The van der Waals surface area contributed by atoms with Crippen LogP contribution in [0.1, 0.15) is 31.5 Å². The molecule has 0 spiro atoms. The summed E-state index contributed by atoms with van der Waals surface area (Å²) < 4.78 is 5.77. The lowest BCUT2D eigenvalue weighted by Gasteiger charge is -2.06. The van der Waals surface area contributed by atoms with Gasteiger partial charge in [-0.25, -0.2) is 4.98 Å². The molecule has 0 radical (unpaired) electrons. The Balaban J connectivity index is 1.68. The first kappa shape index (κ1) is 18.4. The molecule has 1 heterocycles. The van der Waals surface area contributed by atoms with Crippen molar-refractivity contribution in [3.8, 4) is 5.75 Å². The maximum absolute atomic E-state index is 12.5. The maximum atomic E-state index is 12.5. The summed E-state index contributed by atoms with van der Waals surface area (Å²) in [4.78, 5) is 17.6. The van der Waals surface area contributed by atoms with Crippen LogP contribution in [0.3, 0.4) is 0 Å². The van der Waals surface area contributed by atoms with E-state index in [1.54, 1.807) is 6.07 Å². The van der Waals surface area contributed by atoms with Gasteiger partial charge < -0.3 is 10.1 Å². The van der Waals surface area contributed by atoms with Gasteiger partial charge in [-0.05, 0) is 62.2 Å². The van der Waals surface area contributed by atoms with Gasteiger partial charge >= 0.3 is 0 Å². The standard InChI is InChI=1S/C20H19ClN2O2S/c1-12-5-4-6-15(9-12)23-20(24)19-14(3)22-18(26-19)11-25-16-7-8-17(21)13(2)10-16/h4-10H,11H2,1-3H3,(H,23,24). The first-order valence-electron chi connectivity index (χ1n) is 8.15. The zero-order chi connectivity index (χ0) is 18.7. The van der Waals surface area contributed by atoms with E-state index in [1.807, 2.05) is 57.2 Å². The Bertz CT molecular complexity index is 953. The molecule has 0 bridgehead atoms. The predicted molar refractivity (Wildman–Crippen MR) is 107 cm³/mol. The Morgan fingerprint density at radius 2 is 2.00 bits per heavy atom. The van der Waals surface area contributed by atoms with Crippen molar-refractivity contribution < 1.29 is 9.53 Å². The van der Waals surface area contributed by atoms with Crippen LogP contribution < -0.4 is 10.1 Å². The molecular weight excluding hydrogens is 368 g/mol. The molecule has 0 aliphatic carbocycles. The van der Waals surface area contributed by atoms with Crippen LogP contribution in [0.15, 0.2) is 42.5 Å². The van der Waals surface area contributed by atoms with Crippen molar-refractivity contribution in [2.75, 3.05) is 5.32 Å². The van der Waals surface area contributed by atoms with E-state index in [2.05, 4.69) is 10.3 Å². The third-order valence-electron chi connectivity index (χ3n) is 3.81. The minimum Gasteiger partial charge on any atom is -0.486 e. The third kappa shape index (κ3) is 4.42. The molecule has 3 rings (SSSR count). The first-order valence-corrected chi connectivity index (χ1v) is 9.35. The van der Waals surface area contributed by atoms with Crippen molar-refractivity contribution in [1.82, 2.24) is 4.98 Å². The average Bonchev–Trinajstić information content (AvgIpc) is 2.97. The first-order chi connectivity index (χ1) is 12.4. The van der Waals surface area contributed by atoms with E-state index in [1.165, 1.54) is 11.3 Å². The van der Waals surface area contributed by atoms with Gasteiger partial charge in [0.25, 0.3) is 5.91 Å². The van der Waals surface area contributed by atoms with Crippen molar-refractivity contribution in [2.24, 2.45) is 0 Å². The number of nitrogens with one attached hydrogen (secondary N) is 1. The molecule has 0 unspecified atom stereocenters. The largest absolute Gasteiger partial charge is 0.486 e. The Hall–Kier alpha value is -2.37. The summed E-state index contributed by atoms with van der Waals surface area (Å²) in [5.74, 6) is 0.574. The molecule has 3 aromatic rings. The molecule has 0 saturated carbocycles. The van der Waals surface area contributed by atoms with Crippen molar-refractivity contribution >= 4 is 34.5 Å². The molecule has 0 fully saturated rings. The monoisotopic (exact) mass is 386 g/mol. The van der Waals surface area contributed by atoms with Crippen LogP contribution in [0.2, 0.25) is 5.02 Å². The van der Waals surface area contributed by atoms with Crippen molar-refractivity contribution in [3.05, 3.63) is 74.2 Å². The summed E-state index contributed by atoms with van der Waals surface area (Å²) in [5, 5.41) is 4.38. The smallest absolute Gasteiger partial charge is 0.267 e. The number of ether oxygens (including phenoxy) is 1. The van der Waals surface area contributed by atoms with E-state index in [-0.39, 0.29) is 5.91 Å². The van der Waals surface area contributed by atoms with Gasteiger partial charge in [0, 0.05) is 10.7 Å². The number of aryl methyl sites for hydroxylation is 3. The van der Waals surface area contributed by atoms with Gasteiger partial charge in [0.15, 0.2) is 0 Å². The fourth-order valence-electron chi connectivity index (χ4n) is 2.49. The second-order valence-electron chi connectivity index (χ2n) is 6.05. The van der Waals surface area contributed by atoms with Gasteiger partial charge in [-0.15, -0.1) is 11.3 Å². The number of carbonyl (C=O) groups excluding carboxylic acids is 1. The van der Waals surface area contributed by atoms with Crippen LogP contribution in [-0.4, -0.2) is 10.9 Å². The number of aromatic nitrogens is 1. The molecule has 0 saturated heterocycles. The summed E-state index contributed by atoms with van der Waals surface area (Å²) in [5.41, 5.74) is 3.53. The van der Waals surface area contributed by atoms with Gasteiger partial charge in [-0.2, -0.15) is 0 Å². The average molecular weight is 387 g/mol. The van der Waals surface area contributed by atoms with E-state index in [0.717, 1.165) is 27.6 Å². The lowest BCUT2D eigenvalue weighted by Crippen LogP contribution is -2.11. The minimum atomic E-state index is -0.154. The number of benzene rings is 2. The SMILES string of the molecule is Cc1cccc(NC(=O)c2sc(COc3ccc(Cl)c(C)c3)nc2C)c1. The Morgan fingerprint density at radius 1 is 1.19 bits per heavy atom. The van der Waals surface area contributed by atoms with Crippen LogP contribution in [0.25, 0.3) is 0 Å². The molecule has 0 aliphatic heterocycles. The normalized spacial score (nSPS) is 10.6. The lowest BCUT2D eigenvalue weighted by atomic mass is 10.2. The van der Waals surface area contributed by atoms with Crippen LogP contribution in [0, 0.1) is 20.8 Å². The van der Waals surface area contributed by atoms with Gasteiger partial charge in [0.1, 0.15) is 22.2 Å².